The fourth-order valence-electron chi connectivity index (χ4n) is 5.25. The molecule has 1 fully saturated rings. The highest BCUT2D eigenvalue weighted by Crippen LogP contribution is 2.37. The number of amides is 2. The number of nitrogens with one attached hydrogen (secondary N) is 1. The first-order valence-corrected chi connectivity index (χ1v) is 11.9. The summed E-state index contributed by atoms with van der Waals surface area (Å²) in [5.74, 6) is 1.63. The Morgan fingerprint density at radius 2 is 1.85 bits per heavy atom. The van der Waals surface area contributed by atoms with Gasteiger partial charge in [0.05, 0.1) is 10.6 Å². The maximum Gasteiger partial charge on any atom is 0.319 e. The molecule has 182 valence electrons. The second-order valence-corrected chi connectivity index (χ2v) is 9.46. The van der Waals surface area contributed by atoms with E-state index in [-0.39, 0.29) is 17.8 Å². The lowest BCUT2D eigenvalue weighted by molar-refractivity contribution is -0.384. The molecule has 1 saturated carbocycles. The third-order valence-electron chi connectivity index (χ3n) is 6.87. The normalized spacial score (nSPS) is 19.7. The summed E-state index contributed by atoms with van der Waals surface area (Å²) in [6.45, 7) is 1.77. The highest BCUT2D eigenvalue weighted by molar-refractivity contribution is 5.95. The quantitative estimate of drug-likeness (QED) is 0.486. The van der Waals surface area contributed by atoms with E-state index in [1.54, 1.807) is 19.1 Å². The number of nitrogens with zero attached hydrogens (tertiary/aromatic N) is 5. The molecule has 1 aromatic heterocycles. The largest absolute Gasteiger partial charge is 0.362 e. The maximum atomic E-state index is 12.4. The van der Waals surface area contributed by atoms with Crippen molar-refractivity contribution in [3.63, 3.8) is 0 Å². The van der Waals surface area contributed by atoms with E-state index in [2.05, 4.69) is 5.32 Å². The van der Waals surface area contributed by atoms with Gasteiger partial charge in [-0.2, -0.15) is 4.98 Å². The van der Waals surface area contributed by atoms with Gasteiger partial charge in [0, 0.05) is 37.8 Å². The van der Waals surface area contributed by atoms with E-state index in [4.69, 9.17) is 15.7 Å². The number of primary amides is 1. The van der Waals surface area contributed by atoms with E-state index >= 15 is 0 Å². The van der Waals surface area contributed by atoms with Crippen LogP contribution in [0.25, 0.3) is 0 Å². The smallest absolute Gasteiger partial charge is 0.319 e. The van der Waals surface area contributed by atoms with Crippen molar-refractivity contribution in [3.05, 3.63) is 45.1 Å². The molecule has 0 bridgehead atoms. The van der Waals surface area contributed by atoms with Crippen molar-refractivity contribution in [2.75, 3.05) is 29.2 Å². The average Bonchev–Trinajstić information content (AvgIpc) is 2.80. The van der Waals surface area contributed by atoms with Gasteiger partial charge < -0.3 is 16.0 Å². The number of carbonyl (C=O) groups excluding carboxylic acids is 1. The van der Waals surface area contributed by atoms with Crippen molar-refractivity contribution < 1.29 is 9.72 Å². The van der Waals surface area contributed by atoms with E-state index in [1.807, 2.05) is 19.0 Å². The zero-order valence-corrected chi connectivity index (χ0v) is 20.1. The molecule has 2 aliphatic rings. The number of carbonyl (C=O) groups is 1. The number of nitro groups is 1. The molecule has 2 aromatic rings. The van der Waals surface area contributed by atoms with Gasteiger partial charge in [-0.05, 0) is 63.9 Å². The lowest BCUT2D eigenvalue weighted by Gasteiger charge is -2.36. The summed E-state index contributed by atoms with van der Waals surface area (Å²) in [5, 5.41) is 15.1. The highest BCUT2D eigenvalue weighted by atomic mass is 16.6. The van der Waals surface area contributed by atoms with Crippen LogP contribution in [-0.4, -0.2) is 47.1 Å². The van der Waals surface area contributed by atoms with Gasteiger partial charge >= 0.3 is 6.03 Å². The lowest BCUT2D eigenvalue weighted by Crippen LogP contribution is -2.47. The molecule has 0 atom stereocenters. The molecule has 34 heavy (non-hydrogen) atoms. The van der Waals surface area contributed by atoms with E-state index in [0.717, 1.165) is 43.6 Å². The van der Waals surface area contributed by atoms with Crippen LogP contribution in [0, 0.1) is 17.0 Å². The molecular formula is C24H33N7O3. The molecule has 1 heterocycles. The van der Waals surface area contributed by atoms with Crippen molar-refractivity contribution in [1.82, 2.24) is 9.97 Å². The number of aryl methyl sites for hydroxylation is 2. The Morgan fingerprint density at radius 1 is 1.15 bits per heavy atom. The van der Waals surface area contributed by atoms with Gasteiger partial charge in [0.25, 0.3) is 5.69 Å². The maximum absolute atomic E-state index is 12.4. The molecule has 1 aromatic carbocycles. The molecule has 0 unspecified atom stereocenters. The molecular weight excluding hydrogens is 434 g/mol. The van der Waals surface area contributed by atoms with Gasteiger partial charge in [0.2, 0.25) is 5.95 Å². The van der Waals surface area contributed by atoms with Gasteiger partial charge in [0.15, 0.2) is 0 Å². The monoisotopic (exact) mass is 467 g/mol. The Balaban J connectivity index is 1.50. The molecule has 2 aliphatic carbocycles. The minimum atomic E-state index is -0.664. The van der Waals surface area contributed by atoms with Crippen LogP contribution in [0.1, 0.15) is 55.3 Å². The number of benzene rings is 1. The van der Waals surface area contributed by atoms with Crippen LogP contribution in [0.5, 0.6) is 0 Å². The summed E-state index contributed by atoms with van der Waals surface area (Å²) in [7, 11) is 4.02. The molecule has 3 N–H and O–H groups in total. The number of nitro benzene ring substituents is 1. The number of anilines is 3. The predicted octanol–water partition coefficient (Wildman–Crippen LogP) is 3.95. The van der Waals surface area contributed by atoms with Crippen LogP contribution in [0.4, 0.5) is 27.9 Å². The van der Waals surface area contributed by atoms with E-state index in [1.165, 1.54) is 23.0 Å². The van der Waals surface area contributed by atoms with Gasteiger partial charge in [0.1, 0.15) is 11.5 Å². The van der Waals surface area contributed by atoms with E-state index in [9.17, 15) is 14.9 Å². The fraction of sp³-hybridized carbons (Fsp3) is 0.542. The van der Waals surface area contributed by atoms with Crippen molar-refractivity contribution in [1.29, 1.82) is 0 Å². The zero-order chi connectivity index (χ0) is 24.4. The highest BCUT2D eigenvalue weighted by Gasteiger charge is 2.34. The van der Waals surface area contributed by atoms with Crippen LogP contribution >= 0.6 is 0 Å². The number of hydrogen-bond donors (Lipinski definition) is 2. The molecule has 0 spiro atoms. The second kappa shape index (κ2) is 9.82. The first-order chi connectivity index (χ1) is 16.3. The Labute approximate surface area is 199 Å². The van der Waals surface area contributed by atoms with Crippen molar-refractivity contribution in [2.24, 2.45) is 5.73 Å². The minimum absolute atomic E-state index is 0.0993. The van der Waals surface area contributed by atoms with Crippen molar-refractivity contribution in [2.45, 2.75) is 70.4 Å². The summed E-state index contributed by atoms with van der Waals surface area (Å²) >= 11 is 0. The summed E-state index contributed by atoms with van der Waals surface area (Å²) < 4.78 is 0. The van der Waals surface area contributed by atoms with Crippen molar-refractivity contribution >= 4 is 29.2 Å². The van der Waals surface area contributed by atoms with Crippen molar-refractivity contribution in [3.8, 4) is 0 Å². The molecule has 0 aliphatic heterocycles. The van der Waals surface area contributed by atoms with Gasteiger partial charge in [-0.15, -0.1) is 0 Å². The van der Waals surface area contributed by atoms with E-state index in [0.29, 0.717) is 30.0 Å². The average molecular weight is 468 g/mol. The molecule has 10 nitrogen and oxygen atoms in total. The number of para-hydroxylation sites is 1. The van der Waals surface area contributed by atoms with Crippen LogP contribution < -0.4 is 20.9 Å². The van der Waals surface area contributed by atoms with Crippen LogP contribution in [0.15, 0.2) is 18.2 Å². The van der Waals surface area contributed by atoms with Gasteiger partial charge in [-0.1, -0.05) is 12.1 Å². The van der Waals surface area contributed by atoms with Gasteiger partial charge in [-0.25, -0.2) is 9.78 Å². The zero-order valence-electron chi connectivity index (χ0n) is 20.1. The molecule has 10 heteroatoms. The number of aromatic nitrogens is 2. The summed E-state index contributed by atoms with van der Waals surface area (Å²) in [6, 6.07) is 4.11. The Morgan fingerprint density at radius 3 is 2.50 bits per heavy atom. The fourth-order valence-corrected chi connectivity index (χ4v) is 5.25. The predicted molar refractivity (Wildman–Crippen MR) is 133 cm³/mol. The minimum Gasteiger partial charge on any atom is -0.362 e. The number of urea groups is 1. The Bertz CT molecular complexity index is 1080. The standard InChI is InChI=1S/C24H33N7O3/c1-15-7-6-10-20(31(33)34)21(15)30(23(25)32)17-13-11-16(12-14-17)26-24-27-19-9-5-4-8-18(19)22(28-24)29(2)3/h6-7,10,16-17H,4-5,8-9,11-14H2,1-3H3,(H2,25,32)(H,26,27,28)/t16-,17+. The van der Waals surface area contributed by atoms with Crippen LogP contribution in [-0.2, 0) is 12.8 Å². The lowest BCUT2D eigenvalue weighted by atomic mass is 9.89. The Hall–Kier alpha value is -3.43. The third kappa shape index (κ3) is 4.76. The van der Waals surface area contributed by atoms with Crippen LogP contribution in [0.2, 0.25) is 0 Å². The number of rotatable bonds is 6. The SMILES string of the molecule is Cc1cccc([N+](=O)[O-])c1N(C(N)=O)[C@H]1CC[C@@H](Nc2nc3c(c(N(C)C)n2)CCCC3)CC1. The molecule has 4 rings (SSSR count). The molecule has 2 amide bonds. The topological polar surface area (TPSA) is 131 Å². The summed E-state index contributed by atoms with van der Waals surface area (Å²) in [6.07, 6.45) is 7.23. The third-order valence-corrected chi connectivity index (χ3v) is 6.87. The van der Waals surface area contributed by atoms with Crippen LogP contribution in [0.3, 0.4) is 0 Å². The Kier molecular flexibility index (Phi) is 6.85. The first-order valence-electron chi connectivity index (χ1n) is 11.9. The first kappa shape index (κ1) is 23.7. The summed E-state index contributed by atoms with van der Waals surface area (Å²) in [4.78, 5) is 36.7. The number of nitrogens with two attached hydrogens (primary N) is 1. The van der Waals surface area contributed by atoms with Gasteiger partial charge in [-0.3, -0.25) is 15.0 Å². The summed E-state index contributed by atoms with van der Waals surface area (Å²) in [5.41, 5.74) is 8.97. The number of fused-ring (bicyclic) bond motifs is 1. The van der Waals surface area contributed by atoms with E-state index < -0.39 is 11.0 Å². The number of hydrogen-bond acceptors (Lipinski definition) is 7. The molecule has 0 radical (unpaired) electrons. The second-order valence-electron chi connectivity index (χ2n) is 9.46. The molecule has 0 saturated heterocycles.